The first-order valence-corrected chi connectivity index (χ1v) is 5.59. The van der Waals surface area contributed by atoms with Crippen molar-refractivity contribution >= 4 is 5.91 Å². The number of rotatable bonds is 5. The molecule has 0 aliphatic carbocycles. The van der Waals surface area contributed by atoms with Crippen LogP contribution >= 0.6 is 0 Å². The third-order valence-corrected chi connectivity index (χ3v) is 2.49. The van der Waals surface area contributed by atoms with Gasteiger partial charge in [0, 0.05) is 24.2 Å². The zero-order valence-electron chi connectivity index (χ0n) is 9.81. The highest BCUT2D eigenvalue weighted by Gasteiger charge is 2.08. The van der Waals surface area contributed by atoms with Gasteiger partial charge in [-0.2, -0.15) is 0 Å². The molecule has 17 heavy (non-hydrogen) atoms. The molecule has 0 heterocycles. The van der Waals surface area contributed by atoms with E-state index in [1.807, 2.05) is 6.92 Å². The number of benzene rings is 1. The van der Waals surface area contributed by atoms with Crippen LogP contribution in [0.5, 0.6) is 11.5 Å². The summed E-state index contributed by atoms with van der Waals surface area (Å²) < 4.78 is 0. The van der Waals surface area contributed by atoms with Crippen LogP contribution in [0.4, 0.5) is 0 Å². The van der Waals surface area contributed by atoms with Crippen molar-refractivity contribution in [3.05, 3.63) is 23.8 Å². The Morgan fingerprint density at radius 3 is 2.47 bits per heavy atom. The number of aromatic hydroxyl groups is 2. The topological polar surface area (TPSA) is 95.6 Å². The Bertz CT molecular complexity index is 373. The maximum absolute atomic E-state index is 11.6. The third kappa shape index (κ3) is 4.32. The van der Waals surface area contributed by atoms with Gasteiger partial charge in [0.2, 0.25) is 0 Å². The predicted octanol–water partition coefficient (Wildman–Crippen LogP) is 0.955. The molecule has 0 aromatic heterocycles. The van der Waals surface area contributed by atoms with Crippen molar-refractivity contribution in [2.75, 3.05) is 6.54 Å². The molecule has 0 aliphatic rings. The Labute approximate surface area is 100 Å². The largest absolute Gasteiger partial charge is 0.508 e. The quantitative estimate of drug-likeness (QED) is 0.614. The lowest BCUT2D eigenvalue weighted by Crippen LogP contribution is -2.30. The first-order chi connectivity index (χ1) is 8.02. The molecule has 1 rings (SSSR count). The van der Waals surface area contributed by atoms with Crippen LogP contribution in [0.2, 0.25) is 0 Å². The van der Waals surface area contributed by atoms with Crippen LogP contribution in [0.3, 0.4) is 0 Å². The molecule has 1 aromatic carbocycles. The van der Waals surface area contributed by atoms with E-state index in [2.05, 4.69) is 5.32 Å². The van der Waals surface area contributed by atoms with Crippen LogP contribution in [0.25, 0.3) is 0 Å². The minimum atomic E-state index is -0.334. The summed E-state index contributed by atoms with van der Waals surface area (Å²) in [4.78, 5) is 11.6. The van der Waals surface area contributed by atoms with E-state index in [0.29, 0.717) is 13.0 Å². The Hall–Kier alpha value is -1.75. The SMILES string of the molecule is CCC(N)CCNC(=O)c1cc(O)cc(O)c1. The minimum Gasteiger partial charge on any atom is -0.508 e. The Morgan fingerprint density at radius 1 is 1.35 bits per heavy atom. The highest BCUT2D eigenvalue weighted by Crippen LogP contribution is 2.20. The Balaban J connectivity index is 2.52. The Kier molecular flexibility index (Phi) is 4.78. The number of phenols is 2. The smallest absolute Gasteiger partial charge is 0.251 e. The molecular weight excluding hydrogens is 220 g/mol. The number of phenolic OH excluding ortho intramolecular Hbond substituents is 2. The summed E-state index contributed by atoms with van der Waals surface area (Å²) >= 11 is 0. The highest BCUT2D eigenvalue weighted by molar-refractivity contribution is 5.95. The second kappa shape index (κ2) is 6.10. The molecule has 0 spiro atoms. The van der Waals surface area contributed by atoms with Gasteiger partial charge in [-0.1, -0.05) is 6.92 Å². The molecule has 94 valence electrons. The average Bonchev–Trinajstić information content (AvgIpc) is 2.27. The normalized spacial score (nSPS) is 12.1. The van der Waals surface area contributed by atoms with Crippen LogP contribution < -0.4 is 11.1 Å². The first kappa shape index (κ1) is 13.3. The molecule has 1 atom stereocenters. The van der Waals surface area contributed by atoms with E-state index in [1.165, 1.54) is 18.2 Å². The standard InChI is InChI=1S/C12H18N2O3/c1-2-9(13)3-4-14-12(17)8-5-10(15)7-11(16)6-8/h5-7,9,15-16H,2-4,13H2,1H3,(H,14,17). The fourth-order valence-corrected chi connectivity index (χ4v) is 1.40. The van der Waals surface area contributed by atoms with Gasteiger partial charge in [-0.15, -0.1) is 0 Å². The van der Waals surface area contributed by atoms with E-state index in [0.717, 1.165) is 6.42 Å². The highest BCUT2D eigenvalue weighted by atomic mass is 16.3. The van der Waals surface area contributed by atoms with Crippen molar-refractivity contribution in [3.8, 4) is 11.5 Å². The van der Waals surface area contributed by atoms with Crippen LogP contribution in [0, 0.1) is 0 Å². The van der Waals surface area contributed by atoms with Gasteiger partial charge in [0.1, 0.15) is 11.5 Å². The van der Waals surface area contributed by atoms with Gasteiger partial charge in [0.05, 0.1) is 0 Å². The molecule has 5 heteroatoms. The van der Waals surface area contributed by atoms with Crippen molar-refractivity contribution in [1.29, 1.82) is 0 Å². The van der Waals surface area contributed by atoms with E-state index in [-0.39, 0.29) is 29.0 Å². The summed E-state index contributed by atoms with van der Waals surface area (Å²) in [7, 11) is 0. The molecule has 5 N–H and O–H groups in total. The maximum Gasteiger partial charge on any atom is 0.251 e. The van der Waals surface area contributed by atoms with Crippen LogP contribution in [-0.2, 0) is 0 Å². The van der Waals surface area contributed by atoms with Crippen molar-refractivity contribution in [3.63, 3.8) is 0 Å². The minimum absolute atomic E-state index is 0.0767. The lowest BCUT2D eigenvalue weighted by atomic mass is 10.1. The number of hydrogen-bond acceptors (Lipinski definition) is 4. The number of carbonyl (C=O) groups excluding carboxylic acids is 1. The molecule has 0 bridgehead atoms. The zero-order chi connectivity index (χ0) is 12.8. The first-order valence-electron chi connectivity index (χ1n) is 5.59. The number of amides is 1. The van der Waals surface area contributed by atoms with Crippen molar-refractivity contribution in [1.82, 2.24) is 5.32 Å². The maximum atomic E-state index is 11.6. The fraction of sp³-hybridized carbons (Fsp3) is 0.417. The van der Waals surface area contributed by atoms with Crippen molar-refractivity contribution in [2.24, 2.45) is 5.73 Å². The summed E-state index contributed by atoms with van der Waals surface area (Å²) in [5.74, 6) is -0.611. The van der Waals surface area contributed by atoms with Gasteiger partial charge in [-0.05, 0) is 25.0 Å². The number of hydrogen-bond donors (Lipinski definition) is 4. The van der Waals surface area contributed by atoms with Crippen molar-refractivity contribution < 1.29 is 15.0 Å². The second-order valence-electron chi connectivity index (χ2n) is 3.95. The molecule has 1 unspecified atom stereocenters. The Morgan fingerprint density at radius 2 is 1.94 bits per heavy atom. The van der Waals surface area contributed by atoms with Gasteiger partial charge in [-0.25, -0.2) is 0 Å². The monoisotopic (exact) mass is 238 g/mol. The van der Waals surface area contributed by atoms with E-state index in [1.54, 1.807) is 0 Å². The number of carbonyl (C=O) groups is 1. The molecule has 0 fully saturated rings. The molecule has 0 saturated heterocycles. The van der Waals surface area contributed by atoms with E-state index in [4.69, 9.17) is 5.73 Å². The summed E-state index contributed by atoms with van der Waals surface area (Å²) in [5, 5.41) is 21.1. The van der Waals surface area contributed by atoms with Crippen LogP contribution in [-0.4, -0.2) is 28.7 Å². The number of nitrogens with one attached hydrogen (secondary N) is 1. The van der Waals surface area contributed by atoms with Crippen LogP contribution in [0.1, 0.15) is 30.1 Å². The van der Waals surface area contributed by atoms with Gasteiger partial charge in [-0.3, -0.25) is 4.79 Å². The van der Waals surface area contributed by atoms with Gasteiger partial charge in [0.15, 0.2) is 0 Å². The van der Waals surface area contributed by atoms with Gasteiger partial charge in [0.25, 0.3) is 5.91 Å². The lowest BCUT2D eigenvalue weighted by molar-refractivity contribution is 0.0951. The van der Waals surface area contributed by atoms with E-state index >= 15 is 0 Å². The number of nitrogens with two attached hydrogens (primary N) is 1. The summed E-state index contributed by atoms with van der Waals surface area (Å²) in [6.07, 6.45) is 1.57. The van der Waals surface area contributed by atoms with E-state index < -0.39 is 0 Å². The molecule has 1 aromatic rings. The molecule has 5 nitrogen and oxygen atoms in total. The van der Waals surface area contributed by atoms with E-state index in [9.17, 15) is 15.0 Å². The summed E-state index contributed by atoms with van der Waals surface area (Å²) in [6, 6.07) is 3.85. The molecule has 0 radical (unpaired) electrons. The molecule has 0 saturated carbocycles. The lowest BCUT2D eigenvalue weighted by Gasteiger charge is -2.10. The van der Waals surface area contributed by atoms with Gasteiger partial charge < -0.3 is 21.3 Å². The molecular formula is C12H18N2O3. The molecule has 0 aliphatic heterocycles. The summed E-state index contributed by atoms with van der Waals surface area (Å²) in [6.45, 7) is 2.46. The summed E-state index contributed by atoms with van der Waals surface area (Å²) in [5.41, 5.74) is 5.94. The zero-order valence-corrected chi connectivity index (χ0v) is 9.81. The third-order valence-electron chi connectivity index (χ3n) is 2.49. The van der Waals surface area contributed by atoms with Crippen molar-refractivity contribution in [2.45, 2.75) is 25.8 Å². The van der Waals surface area contributed by atoms with Gasteiger partial charge >= 0.3 is 0 Å². The van der Waals surface area contributed by atoms with Crippen LogP contribution in [0.15, 0.2) is 18.2 Å². The second-order valence-corrected chi connectivity index (χ2v) is 3.95. The fourth-order valence-electron chi connectivity index (χ4n) is 1.40. The average molecular weight is 238 g/mol. The molecule has 1 amide bonds. The predicted molar refractivity (Wildman–Crippen MR) is 65.0 cm³/mol.